The Bertz CT molecular complexity index is 752. The number of rotatable bonds is 5. The molecule has 3 aromatic carbocycles. The van der Waals surface area contributed by atoms with Crippen molar-refractivity contribution in [3.05, 3.63) is 91.0 Å². The Labute approximate surface area is 167 Å². The van der Waals surface area contributed by atoms with Crippen molar-refractivity contribution in [2.24, 2.45) is 0 Å². The molecule has 3 rings (SSSR count). The van der Waals surface area contributed by atoms with E-state index in [0.29, 0.717) is 16.2 Å². The molecule has 0 aliphatic heterocycles. The lowest BCUT2D eigenvalue weighted by molar-refractivity contribution is 0.437. The molecule has 0 saturated heterocycles. The Balaban J connectivity index is 0.000000313. The predicted octanol–water partition coefficient (Wildman–Crippen LogP) is 2.78. The zero-order valence-electron chi connectivity index (χ0n) is 16.4. The van der Waals surface area contributed by atoms with Crippen LogP contribution in [0.3, 0.4) is 0 Å². The van der Waals surface area contributed by atoms with E-state index in [1.54, 1.807) is 24.3 Å². The smallest absolute Gasteiger partial charge is 0.385 e. The molecular weight excluding hydrogens is 384 g/mol. The molecule has 0 unspecified atom stereocenters. The van der Waals surface area contributed by atoms with Crippen LogP contribution in [0.2, 0.25) is 19.6 Å². The van der Waals surface area contributed by atoms with Gasteiger partial charge in [-0.25, -0.2) is 0 Å². The summed E-state index contributed by atoms with van der Waals surface area (Å²) < 4.78 is 12.8. The SMILES string of the molecule is C[Si](C)(C)O[Si](O[SiH3])(c1ccccc1)c1ccccc1.Oc1ccccc1. The number of phenolic OH excluding ortho intramolecular Hbond substituents is 1. The third kappa shape index (κ3) is 6.30. The summed E-state index contributed by atoms with van der Waals surface area (Å²) in [5, 5.41) is 11.0. The summed E-state index contributed by atoms with van der Waals surface area (Å²) in [6.07, 6.45) is 0. The maximum atomic E-state index is 8.63. The Morgan fingerprint density at radius 3 is 1.30 bits per heavy atom. The Morgan fingerprint density at radius 1 is 0.667 bits per heavy atom. The maximum Gasteiger partial charge on any atom is 0.385 e. The van der Waals surface area contributed by atoms with Gasteiger partial charge in [0.1, 0.15) is 16.2 Å². The molecule has 0 aliphatic carbocycles. The van der Waals surface area contributed by atoms with E-state index in [-0.39, 0.29) is 0 Å². The fourth-order valence-corrected chi connectivity index (χ4v) is 11.7. The van der Waals surface area contributed by atoms with Crippen molar-refractivity contribution in [3.63, 3.8) is 0 Å². The molecule has 0 aromatic heterocycles. The molecule has 1 N–H and O–H groups in total. The lowest BCUT2D eigenvalue weighted by Crippen LogP contribution is -2.66. The number of benzene rings is 3. The van der Waals surface area contributed by atoms with Crippen LogP contribution in [0.4, 0.5) is 0 Å². The highest BCUT2D eigenvalue weighted by molar-refractivity contribution is 6.99. The van der Waals surface area contributed by atoms with E-state index in [1.165, 1.54) is 10.4 Å². The number of aromatic hydroxyl groups is 1. The summed E-state index contributed by atoms with van der Waals surface area (Å²) in [4.78, 5) is 0. The van der Waals surface area contributed by atoms with Crippen molar-refractivity contribution < 1.29 is 13.3 Å². The van der Waals surface area contributed by atoms with Crippen LogP contribution in [0.15, 0.2) is 91.0 Å². The minimum atomic E-state index is -2.53. The van der Waals surface area contributed by atoms with E-state index in [0.717, 1.165) is 0 Å². The molecule has 0 spiro atoms. The first-order valence-corrected chi connectivity index (χ1v) is 15.0. The van der Waals surface area contributed by atoms with Crippen molar-refractivity contribution in [3.8, 4) is 5.75 Å². The second-order valence-corrected chi connectivity index (χ2v) is 16.2. The van der Waals surface area contributed by atoms with Crippen LogP contribution in [-0.4, -0.2) is 32.5 Å². The van der Waals surface area contributed by atoms with Gasteiger partial charge in [0.25, 0.3) is 0 Å². The Kier molecular flexibility index (Phi) is 7.76. The largest absolute Gasteiger partial charge is 0.508 e. The first-order chi connectivity index (χ1) is 12.9. The van der Waals surface area contributed by atoms with Crippen molar-refractivity contribution in [1.29, 1.82) is 0 Å². The molecule has 3 nitrogen and oxygen atoms in total. The summed E-state index contributed by atoms with van der Waals surface area (Å²) in [6, 6.07) is 29.6. The predicted molar refractivity (Wildman–Crippen MR) is 121 cm³/mol. The van der Waals surface area contributed by atoms with Gasteiger partial charge in [0.2, 0.25) is 0 Å². The van der Waals surface area contributed by atoms with Gasteiger partial charge < -0.3 is 13.3 Å². The van der Waals surface area contributed by atoms with Crippen LogP contribution in [0.5, 0.6) is 5.75 Å². The van der Waals surface area contributed by atoms with E-state index in [2.05, 4.69) is 68.2 Å². The second-order valence-electron chi connectivity index (χ2n) is 7.10. The van der Waals surface area contributed by atoms with Crippen LogP contribution in [0.25, 0.3) is 0 Å². The highest BCUT2D eigenvalue weighted by atomic mass is 28.5. The molecule has 27 heavy (non-hydrogen) atoms. The van der Waals surface area contributed by atoms with Gasteiger partial charge in [-0.2, -0.15) is 0 Å². The summed E-state index contributed by atoms with van der Waals surface area (Å²) in [6.45, 7) is 6.67. The van der Waals surface area contributed by atoms with Crippen LogP contribution in [0, 0.1) is 0 Å². The van der Waals surface area contributed by atoms with E-state index in [1.807, 2.05) is 18.2 Å². The van der Waals surface area contributed by atoms with Gasteiger partial charge in [0.05, 0.1) is 0 Å². The van der Waals surface area contributed by atoms with Gasteiger partial charge in [0, 0.05) is 0 Å². The number of hydrogen-bond donors (Lipinski definition) is 1. The maximum absolute atomic E-state index is 8.63. The lowest BCUT2D eigenvalue weighted by Gasteiger charge is -2.36. The van der Waals surface area contributed by atoms with Gasteiger partial charge in [-0.3, -0.25) is 0 Å². The number of hydrogen-bond acceptors (Lipinski definition) is 3. The van der Waals surface area contributed by atoms with E-state index < -0.39 is 16.9 Å². The van der Waals surface area contributed by atoms with Gasteiger partial charge in [-0.05, 0) is 42.1 Å². The normalized spacial score (nSPS) is 11.5. The van der Waals surface area contributed by atoms with Gasteiger partial charge in [-0.15, -0.1) is 0 Å². The fourth-order valence-electron chi connectivity index (χ4n) is 2.74. The molecule has 142 valence electrons. The first kappa shape index (κ1) is 21.3. The highest BCUT2D eigenvalue weighted by Gasteiger charge is 2.44. The third-order valence-corrected chi connectivity index (χ3v) is 11.9. The zero-order valence-corrected chi connectivity index (χ0v) is 20.4. The summed E-state index contributed by atoms with van der Waals surface area (Å²) in [5.41, 5.74) is 0. The summed E-state index contributed by atoms with van der Waals surface area (Å²) >= 11 is 0. The highest BCUT2D eigenvalue weighted by Crippen LogP contribution is 2.15. The minimum Gasteiger partial charge on any atom is -0.508 e. The minimum absolute atomic E-state index is 0.322. The standard InChI is InChI=1S/C15H22O2Si3.C6H6O/c1-19(2,3)17-20(16-18,14-10-6-4-7-11-14)15-12-8-5-9-13-15;7-6-4-2-1-3-5-6/h4-13H,1-3,18H3;1-5,7H. The molecule has 0 heterocycles. The van der Waals surface area contributed by atoms with Gasteiger partial charge >= 0.3 is 8.56 Å². The molecule has 0 aliphatic rings. The molecule has 0 radical (unpaired) electrons. The molecule has 0 atom stereocenters. The van der Waals surface area contributed by atoms with Gasteiger partial charge in [-0.1, -0.05) is 78.9 Å². The fraction of sp³-hybridized carbons (Fsp3) is 0.143. The van der Waals surface area contributed by atoms with Crippen LogP contribution >= 0.6 is 0 Å². The molecule has 3 aromatic rings. The number of phenols is 1. The quantitative estimate of drug-likeness (QED) is 0.655. The second kappa shape index (κ2) is 9.82. The lowest BCUT2D eigenvalue weighted by atomic mass is 10.3. The average Bonchev–Trinajstić information content (AvgIpc) is 2.68. The summed E-state index contributed by atoms with van der Waals surface area (Å²) in [5.74, 6) is 0.322. The third-order valence-electron chi connectivity index (χ3n) is 3.80. The molecule has 6 heteroatoms. The number of para-hydroxylation sites is 1. The monoisotopic (exact) mass is 412 g/mol. The topological polar surface area (TPSA) is 38.7 Å². The van der Waals surface area contributed by atoms with Crippen molar-refractivity contribution in [2.45, 2.75) is 19.6 Å². The van der Waals surface area contributed by atoms with Crippen molar-refractivity contribution in [1.82, 2.24) is 0 Å². The van der Waals surface area contributed by atoms with Crippen molar-refractivity contribution in [2.75, 3.05) is 0 Å². The Morgan fingerprint density at radius 2 is 1.04 bits per heavy atom. The zero-order chi connectivity index (χ0) is 19.8. The molecule has 0 fully saturated rings. The average molecular weight is 413 g/mol. The van der Waals surface area contributed by atoms with E-state index in [4.69, 9.17) is 13.3 Å². The summed E-state index contributed by atoms with van der Waals surface area (Å²) in [7, 11) is -3.59. The van der Waals surface area contributed by atoms with Crippen LogP contribution < -0.4 is 10.4 Å². The van der Waals surface area contributed by atoms with E-state index in [9.17, 15) is 0 Å². The molecular formula is C21H28O3Si3. The molecule has 0 saturated carbocycles. The molecule has 0 bridgehead atoms. The van der Waals surface area contributed by atoms with E-state index >= 15 is 0 Å². The van der Waals surface area contributed by atoms with Crippen molar-refractivity contribution >= 4 is 37.7 Å². The molecule has 0 amide bonds. The van der Waals surface area contributed by atoms with Crippen LogP contribution in [-0.2, 0) is 8.23 Å². The van der Waals surface area contributed by atoms with Gasteiger partial charge in [0.15, 0.2) is 8.32 Å². The first-order valence-electron chi connectivity index (χ1n) is 8.98. The van der Waals surface area contributed by atoms with Crippen LogP contribution in [0.1, 0.15) is 0 Å². The Hall–Kier alpha value is -1.97.